The number of furan rings is 1. The van der Waals surface area contributed by atoms with Gasteiger partial charge in [-0.3, -0.25) is 0 Å². The van der Waals surface area contributed by atoms with Crippen LogP contribution in [0.15, 0.2) is 28.9 Å². The van der Waals surface area contributed by atoms with Crippen molar-refractivity contribution in [2.45, 2.75) is 26.3 Å². The van der Waals surface area contributed by atoms with Crippen LogP contribution in [0.4, 0.5) is 11.6 Å². The highest BCUT2D eigenvalue weighted by Crippen LogP contribution is 2.20. The van der Waals surface area contributed by atoms with E-state index in [0.717, 1.165) is 17.4 Å². The second kappa shape index (κ2) is 5.71. The fourth-order valence-electron chi connectivity index (χ4n) is 1.70. The van der Waals surface area contributed by atoms with Crippen molar-refractivity contribution in [2.24, 2.45) is 5.84 Å². The molecule has 0 bridgehead atoms. The molecule has 102 valence electrons. The summed E-state index contributed by atoms with van der Waals surface area (Å²) in [5.74, 6) is 8.75. The van der Waals surface area contributed by atoms with Crippen molar-refractivity contribution in [3.63, 3.8) is 0 Å². The maximum absolute atomic E-state index is 5.45. The van der Waals surface area contributed by atoms with Crippen molar-refractivity contribution in [2.75, 3.05) is 17.4 Å². The van der Waals surface area contributed by atoms with Crippen LogP contribution in [0.1, 0.15) is 31.4 Å². The Balaban J connectivity index is 2.24. The van der Waals surface area contributed by atoms with Crippen LogP contribution in [0, 0.1) is 0 Å². The summed E-state index contributed by atoms with van der Waals surface area (Å²) >= 11 is 0. The SMILES string of the molecule is CC(C)c1nc(NN)cc(N(C)Cc2ccco2)n1. The number of nitrogens with two attached hydrogens (primary N) is 1. The molecule has 0 amide bonds. The summed E-state index contributed by atoms with van der Waals surface area (Å²) in [7, 11) is 1.95. The molecule has 0 aliphatic heterocycles. The van der Waals surface area contributed by atoms with Crippen LogP contribution in [0.2, 0.25) is 0 Å². The Morgan fingerprint density at radius 3 is 2.79 bits per heavy atom. The molecule has 2 aromatic heterocycles. The summed E-state index contributed by atoms with van der Waals surface area (Å²) in [4.78, 5) is 10.9. The Morgan fingerprint density at radius 2 is 2.21 bits per heavy atom. The van der Waals surface area contributed by atoms with Gasteiger partial charge in [-0.05, 0) is 12.1 Å². The van der Waals surface area contributed by atoms with Crippen molar-refractivity contribution in [1.82, 2.24) is 9.97 Å². The Labute approximate surface area is 112 Å². The van der Waals surface area contributed by atoms with E-state index in [-0.39, 0.29) is 5.92 Å². The van der Waals surface area contributed by atoms with E-state index in [1.54, 1.807) is 6.26 Å². The molecule has 0 atom stereocenters. The molecule has 19 heavy (non-hydrogen) atoms. The summed E-state index contributed by atoms with van der Waals surface area (Å²) < 4.78 is 5.33. The van der Waals surface area contributed by atoms with Crippen LogP contribution in [0.3, 0.4) is 0 Å². The molecule has 0 unspecified atom stereocenters. The third-order valence-electron chi connectivity index (χ3n) is 2.76. The molecule has 6 nitrogen and oxygen atoms in total. The lowest BCUT2D eigenvalue weighted by molar-refractivity contribution is 0.506. The van der Waals surface area contributed by atoms with E-state index in [1.807, 2.05) is 44.0 Å². The van der Waals surface area contributed by atoms with E-state index >= 15 is 0 Å². The van der Waals surface area contributed by atoms with Crippen molar-refractivity contribution >= 4 is 11.6 Å². The van der Waals surface area contributed by atoms with Gasteiger partial charge in [0.1, 0.15) is 23.2 Å². The normalized spacial score (nSPS) is 10.8. The molecular formula is C13H19N5O. The Bertz CT molecular complexity index is 524. The van der Waals surface area contributed by atoms with Crippen LogP contribution in [-0.4, -0.2) is 17.0 Å². The second-order valence-electron chi connectivity index (χ2n) is 4.70. The average Bonchev–Trinajstić information content (AvgIpc) is 2.90. The zero-order chi connectivity index (χ0) is 13.8. The number of hydrogen-bond donors (Lipinski definition) is 2. The van der Waals surface area contributed by atoms with Gasteiger partial charge in [0.25, 0.3) is 0 Å². The van der Waals surface area contributed by atoms with Crippen molar-refractivity contribution in [1.29, 1.82) is 0 Å². The molecule has 2 heterocycles. The number of rotatable bonds is 5. The highest BCUT2D eigenvalue weighted by molar-refractivity contribution is 5.48. The van der Waals surface area contributed by atoms with Gasteiger partial charge in [-0.15, -0.1) is 0 Å². The van der Waals surface area contributed by atoms with Crippen LogP contribution in [0.25, 0.3) is 0 Å². The molecule has 0 saturated carbocycles. The number of hydrazine groups is 1. The van der Waals surface area contributed by atoms with Gasteiger partial charge in [0.05, 0.1) is 12.8 Å². The van der Waals surface area contributed by atoms with Crippen LogP contribution in [0.5, 0.6) is 0 Å². The summed E-state index contributed by atoms with van der Waals surface area (Å²) in [5.41, 5.74) is 2.58. The highest BCUT2D eigenvalue weighted by Gasteiger charge is 2.11. The number of nitrogen functional groups attached to an aromatic ring is 1. The van der Waals surface area contributed by atoms with Gasteiger partial charge in [-0.25, -0.2) is 15.8 Å². The first kappa shape index (κ1) is 13.4. The third kappa shape index (κ3) is 3.23. The average molecular weight is 261 g/mol. The zero-order valence-corrected chi connectivity index (χ0v) is 11.4. The first-order chi connectivity index (χ1) is 9.10. The van der Waals surface area contributed by atoms with E-state index < -0.39 is 0 Å². The van der Waals surface area contributed by atoms with Gasteiger partial charge in [0, 0.05) is 19.0 Å². The van der Waals surface area contributed by atoms with Gasteiger partial charge in [0.2, 0.25) is 0 Å². The molecule has 0 fully saturated rings. The maximum Gasteiger partial charge on any atom is 0.145 e. The van der Waals surface area contributed by atoms with Gasteiger partial charge < -0.3 is 14.7 Å². The van der Waals surface area contributed by atoms with Crippen LogP contribution < -0.4 is 16.2 Å². The lowest BCUT2D eigenvalue weighted by Gasteiger charge is -2.19. The topological polar surface area (TPSA) is 80.2 Å². The smallest absolute Gasteiger partial charge is 0.145 e. The van der Waals surface area contributed by atoms with Crippen LogP contribution in [-0.2, 0) is 6.54 Å². The predicted molar refractivity (Wildman–Crippen MR) is 74.7 cm³/mol. The molecule has 0 aliphatic rings. The maximum atomic E-state index is 5.45. The molecule has 0 spiro atoms. The minimum atomic E-state index is 0.240. The molecule has 6 heteroatoms. The largest absolute Gasteiger partial charge is 0.467 e. The molecular weight excluding hydrogens is 242 g/mol. The van der Waals surface area contributed by atoms with E-state index in [9.17, 15) is 0 Å². The summed E-state index contributed by atoms with van der Waals surface area (Å²) in [6.45, 7) is 4.74. The van der Waals surface area contributed by atoms with E-state index in [4.69, 9.17) is 10.3 Å². The number of anilines is 2. The molecule has 0 aromatic carbocycles. The fraction of sp³-hybridized carbons (Fsp3) is 0.385. The van der Waals surface area contributed by atoms with E-state index in [2.05, 4.69) is 15.4 Å². The number of aromatic nitrogens is 2. The van der Waals surface area contributed by atoms with E-state index in [0.29, 0.717) is 12.4 Å². The van der Waals surface area contributed by atoms with Crippen molar-refractivity contribution in [3.05, 3.63) is 36.0 Å². The third-order valence-corrected chi connectivity index (χ3v) is 2.76. The lowest BCUT2D eigenvalue weighted by Crippen LogP contribution is -2.20. The Hall–Kier alpha value is -2.08. The first-order valence-corrected chi connectivity index (χ1v) is 6.19. The fourth-order valence-corrected chi connectivity index (χ4v) is 1.70. The molecule has 2 aromatic rings. The predicted octanol–water partition coefficient (Wildman–Crippen LogP) is 2.12. The monoisotopic (exact) mass is 261 g/mol. The van der Waals surface area contributed by atoms with Crippen molar-refractivity contribution < 1.29 is 4.42 Å². The minimum Gasteiger partial charge on any atom is -0.467 e. The number of nitrogens with zero attached hydrogens (tertiary/aromatic N) is 3. The molecule has 0 radical (unpaired) electrons. The first-order valence-electron chi connectivity index (χ1n) is 6.19. The second-order valence-corrected chi connectivity index (χ2v) is 4.70. The quantitative estimate of drug-likeness (QED) is 0.634. The Morgan fingerprint density at radius 1 is 1.42 bits per heavy atom. The summed E-state index contributed by atoms with van der Waals surface area (Å²) in [6.07, 6.45) is 1.66. The highest BCUT2D eigenvalue weighted by atomic mass is 16.3. The number of hydrogen-bond acceptors (Lipinski definition) is 6. The Kier molecular flexibility index (Phi) is 4.01. The summed E-state index contributed by atoms with van der Waals surface area (Å²) in [6, 6.07) is 5.62. The molecule has 2 rings (SSSR count). The summed E-state index contributed by atoms with van der Waals surface area (Å²) in [5, 5.41) is 0. The minimum absolute atomic E-state index is 0.240. The number of nitrogens with one attached hydrogen (secondary N) is 1. The van der Waals surface area contributed by atoms with E-state index in [1.165, 1.54) is 0 Å². The van der Waals surface area contributed by atoms with Gasteiger partial charge in [-0.2, -0.15) is 0 Å². The van der Waals surface area contributed by atoms with Crippen LogP contribution >= 0.6 is 0 Å². The van der Waals surface area contributed by atoms with Gasteiger partial charge in [0.15, 0.2) is 0 Å². The molecule has 0 saturated heterocycles. The standard InChI is InChI=1S/C13H19N5O/c1-9(2)13-15-11(17-14)7-12(16-13)18(3)8-10-5-4-6-19-10/h4-7,9H,8,14H2,1-3H3,(H,15,16,17). The van der Waals surface area contributed by atoms with Gasteiger partial charge in [-0.1, -0.05) is 13.8 Å². The van der Waals surface area contributed by atoms with Crippen molar-refractivity contribution in [3.8, 4) is 0 Å². The van der Waals surface area contributed by atoms with Gasteiger partial charge >= 0.3 is 0 Å². The zero-order valence-electron chi connectivity index (χ0n) is 11.4. The lowest BCUT2D eigenvalue weighted by atomic mass is 10.2. The molecule has 0 aliphatic carbocycles. The molecule has 3 N–H and O–H groups in total.